The molecule has 1 aliphatic heterocycles. The van der Waals surface area contributed by atoms with Gasteiger partial charge < -0.3 is 25.7 Å². The third-order valence-electron chi connectivity index (χ3n) is 6.64. The van der Waals surface area contributed by atoms with Gasteiger partial charge in [0.25, 0.3) is 0 Å². The van der Waals surface area contributed by atoms with Gasteiger partial charge in [0.1, 0.15) is 23.1 Å². The molecular formula is C22H23FN8O. The normalized spacial score (nSPS) is 22.2. The average molecular weight is 434 g/mol. The van der Waals surface area contributed by atoms with Crippen LogP contribution in [0.1, 0.15) is 12.2 Å². The van der Waals surface area contributed by atoms with Crippen molar-refractivity contribution >= 4 is 33.4 Å². The number of H-pyrrole nitrogens is 1. The van der Waals surface area contributed by atoms with Crippen LogP contribution in [0, 0.1) is 24.6 Å². The van der Waals surface area contributed by atoms with E-state index in [-0.39, 0.29) is 17.9 Å². The van der Waals surface area contributed by atoms with E-state index < -0.39 is 0 Å². The van der Waals surface area contributed by atoms with Gasteiger partial charge in [0.2, 0.25) is 0 Å². The standard InChI is InChI=1S/C22H23FN8O/c1-10-26-6-13(7-27-10)32-22-29-20-18(14-4-12(23)5-17(25-2)19(14)28-20)21(30-22)31-8-11-3-16(24)15(11)9-31/h4-7,11,15-16,25H,3,8-9,24H2,1-2H3,(H,28,29,30). The molecule has 1 aliphatic carbocycles. The smallest absolute Gasteiger partial charge is 0.326 e. The number of nitrogens with zero attached hydrogens (tertiary/aromatic N) is 5. The van der Waals surface area contributed by atoms with Crippen molar-refractivity contribution in [1.82, 2.24) is 24.9 Å². The van der Waals surface area contributed by atoms with Crippen LogP contribution in [0.5, 0.6) is 11.8 Å². The SMILES string of the molecule is CNc1cc(F)cc2c1[nH]c1nc(Oc3cnc(C)nc3)nc(N3CC4CC(N)C4C3)c12. The van der Waals surface area contributed by atoms with Crippen LogP contribution in [-0.4, -0.2) is 51.1 Å². The maximum absolute atomic E-state index is 14.4. The van der Waals surface area contributed by atoms with Gasteiger partial charge >= 0.3 is 6.01 Å². The van der Waals surface area contributed by atoms with Gasteiger partial charge in [-0.05, 0) is 37.3 Å². The Hall–Kier alpha value is -3.53. The lowest BCUT2D eigenvalue weighted by Gasteiger charge is -2.36. The third-order valence-corrected chi connectivity index (χ3v) is 6.64. The van der Waals surface area contributed by atoms with Gasteiger partial charge in [0.05, 0.1) is 29.0 Å². The zero-order valence-electron chi connectivity index (χ0n) is 17.8. The summed E-state index contributed by atoms with van der Waals surface area (Å²) in [5.41, 5.74) is 8.24. The molecule has 4 aromatic rings. The van der Waals surface area contributed by atoms with Crippen molar-refractivity contribution in [2.45, 2.75) is 19.4 Å². The predicted octanol–water partition coefficient (Wildman–Crippen LogP) is 2.97. The molecule has 9 nitrogen and oxygen atoms in total. The number of nitrogens with two attached hydrogens (primary N) is 1. The molecule has 2 fully saturated rings. The van der Waals surface area contributed by atoms with Crippen molar-refractivity contribution < 1.29 is 9.13 Å². The first kappa shape index (κ1) is 19.2. The fraction of sp³-hybridized carbons (Fsp3) is 0.364. The second-order valence-electron chi connectivity index (χ2n) is 8.60. The van der Waals surface area contributed by atoms with Gasteiger partial charge in [0, 0.05) is 31.6 Å². The van der Waals surface area contributed by atoms with E-state index >= 15 is 0 Å². The van der Waals surface area contributed by atoms with Crippen molar-refractivity contribution in [2.75, 3.05) is 30.4 Å². The number of anilines is 2. The first-order valence-electron chi connectivity index (χ1n) is 10.7. The highest BCUT2D eigenvalue weighted by atomic mass is 19.1. The number of aromatic amines is 1. The summed E-state index contributed by atoms with van der Waals surface area (Å²) in [7, 11) is 1.76. The molecule has 2 aliphatic rings. The van der Waals surface area contributed by atoms with Crippen LogP contribution in [0.4, 0.5) is 15.9 Å². The Labute approximate surface area is 183 Å². The number of hydrogen-bond acceptors (Lipinski definition) is 8. The minimum Gasteiger partial charge on any atom is -0.421 e. The fourth-order valence-corrected chi connectivity index (χ4v) is 4.97. The molecule has 3 unspecified atom stereocenters. The zero-order valence-corrected chi connectivity index (χ0v) is 17.8. The Bertz CT molecular complexity index is 1340. The molecule has 1 saturated heterocycles. The number of benzene rings is 1. The Morgan fingerprint density at radius 3 is 2.75 bits per heavy atom. The van der Waals surface area contributed by atoms with Crippen LogP contribution in [0.15, 0.2) is 24.5 Å². The summed E-state index contributed by atoms with van der Waals surface area (Å²) in [6.07, 6.45) is 4.20. The molecule has 0 bridgehead atoms. The summed E-state index contributed by atoms with van der Waals surface area (Å²) in [6, 6.07) is 3.38. The monoisotopic (exact) mass is 434 g/mol. The van der Waals surface area contributed by atoms with Gasteiger partial charge in [-0.3, -0.25) is 0 Å². The van der Waals surface area contributed by atoms with Gasteiger partial charge in [-0.2, -0.15) is 9.97 Å². The predicted molar refractivity (Wildman–Crippen MR) is 120 cm³/mol. The van der Waals surface area contributed by atoms with Gasteiger partial charge in [-0.1, -0.05) is 0 Å². The van der Waals surface area contributed by atoms with Gasteiger partial charge in [0.15, 0.2) is 5.75 Å². The highest BCUT2D eigenvalue weighted by Gasteiger charge is 2.46. The zero-order chi connectivity index (χ0) is 22.0. The molecule has 6 rings (SSSR count). The number of rotatable bonds is 4. The van der Waals surface area contributed by atoms with E-state index in [1.54, 1.807) is 26.4 Å². The minimum absolute atomic E-state index is 0.182. The molecule has 164 valence electrons. The molecule has 1 saturated carbocycles. The molecule has 3 atom stereocenters. The summed E-state index contributed by atoms with van der Waals surface area (Å²) in [5, 5.41) is 4.56. The molecular weight excluding hydrogens is 411 g/mol. The van der Waals surface area contributed by atoms with E-state index in [2.05, 4.69) is 30.2 Å². The number of fused-ring (bicyclic) bond motifs is 4. The Kier molecular flexibility index (Phi) is 4.19. The highest BCUT2D eigenvalue weighted by Crippen LogP contribution is 2.44. The number of aryl methyl sites for hydroxylation is 1. The second kappa shape index (κ2) is 6.99. The van der Waals surface area contributed by atoms with Crippen molar-refractivity contribution in [1.29, 1.82) is 0 Å². The van der Waals surface area contributed by atoms with Crippen molar-refractivity contribution in [2.24, 2.45) is 17.6 Å². The van der Waals surface area contributed by atoms with Crippen LogP contribution in [0.2, 0.25) is 0 Å². The molecule has 1 aromatic carbocycles. The summed E-state index contributed by atoms with van der Waals surface area (Å²) < 4.78 is 20.3. The Morgan fingerprint density at radius 2 is 2.03 bits per heavy atom. The van der Waals surface area contributed by atoms with Gasteiger partial charge in [-0.25, -0.2) is 14.4 Å². The number of aromatic nitrogens is 5. The lowest BCUT2D eigenvalue weighted by atomic mass is 9.72. The van der Waals surface area contributed by atoms with E-state index in [4.69, 9.17) is 15.5 Å². The fourth-order valence-electron chi connectivity index (χ4n) is 4.97. The molecule has 10 heteroatoms. The minimum atomic E-state index is -0.325. The highest BCUT2D eigenvalue weighted by molar-refractivity contribution is 6.14. The average Bonchev–Trinajstić information content (AvgIpc) is 3.31. The molecule has 0 radical (unpaired) electrons. The summed E-state index contributed by atoms with van der Waals surface area (Å²) in [4.78, 5) is 23.2. The largest absolute Gasteiger partial charge is 0.421 e. The number of hydrogen-bond donors (Lipinski definition) is 3. The molecule has 0 spiro atoms. The Morgan fingerprint density at radius 1 is 1.22 bits per heavy atom. The summed E-state index contributed by atoms with van der Waals surface area (Å²) >= 11 is 0. The maximum Gasteiger partial charge on any atom is 0.326 e. The van der Waals surface area contributed by atoms with Crippen molar-refractivity contribution in [3.8, 4) is 11.8 Å². The summed E-state index contributed by atoms with van der Waals surface area (Å²) in [6.45, 7) is 3.48. The quantitative estimate of drug-likeness (QED) is 0.449. The molecule has 0 amide bonds. The molecule has 32 heavy (non-hydrogen) atoms. The topological polar surface area (TPSA) is 118 Å². The number of ether oxygens (including phenoxy) is 1. The van der Waals surface area contributed by atoms with Crippen LogP contribution >= 0.6 is 0 Å². The molecule has 4 heterocycles. The van der Waals surface area contributed by atoms with Crippen LogP contribution < -0.4 is 20.7 Å². The van der Waals surface area contributed by atoms with Crippen molar-refractivity contribution in [3.63, 3.8) is 0 Å². The Balaban J connectivity index is 1.53. The summed E-state index contributed by atoms with van der Waals surface area (Å²) in [5.74, 6) is 2.50. The second-order valence-corrected chi connectivity index (χ2v) is 8.60. The van der Waals surface area contributed by atoms with E-state index in [1.165, 1.54) is 12.1 Å². The van der Waals surface area contributed by atoms with Gasteiger partial charge in [-0.15, -0.1) is 0 Å². The first-order valence-corrected chi connectivity index (χ1v) is 10.7. The lowest BCUT2D eigenvalue weighted by Crippen LogP contribution is -2.46. The third kappa shape index (κ3) is 2.94. The van der Waals surface area contributed by atoms with Crippen LogP contribution in [-0.2, 0) is 0 Å². The van der Waals surface area contributed by atoms with Crippen LogP contribution in [0.3, 0.4) is 0 Å². The maximum atomic E-state index is 14.4. The molecule has 3 aromatic heterocycles. The van der Waals surface area contributed by atoms with E-state index in [9.17, 15) is 4.39 Å². The number of nitrogens with one attached hydrogen (secondary N) is 2. The van der Waals surface area contributed by atoms with E-state index in [1.807, 2.05) is 0 Å². The first-order chi connectivity index (χ1) is 15.5. The molecule has 4 N–H and O–H groups in total. The van der Waals surface area contributed by atoms with E-state index in [0.29, 0.717) is 34.7 Å². The lowest BCUT2D eigenvalue weighted by molar-refractivity contribution is 0.194. The van der Waals surface area contributed by atoms with Crippen LogP contribution in [0.25, 0.3) is 21.9 Å². The van der Waals surface area contributed by atoms with E-state index in [0.717, 1.165) is 41.6 Å². The number of halogens is 1. The van der Waals surface area contributed by atoms with Crippen molar-refractivity contribution in [3.05, 3.63) is 36.2 Å².